The van der Waals surface area contributed by atoms with Crippen molar-refractivity contribution < 1.29 is 14.3 Å². The molecule has 124 valence electrons. The third kappa shape index (κ3) is 3.91. The quantitative estimate of drug-likeness (QED) is 0.815. The Balaban J connectivity index is 1.61. The van der Waals surface area contributed by atoms with Crippen LogP contribution in [0.3, 0.4) is 0 Å². The molecular formula is C18H24N2O3. The molecule has 2 aliphatic rings. The van der Waals surface area contributed by atoms with E-state index in [-0.39, 0.29) is 5.91 Å². The van der Waals surface area contributed by atoms with Crippen molar-refractivity contribution in [2.75, 3.05) is 7.11 Å². The van der Waals surface area contributed by atoms with E-state index in [2.05, 4.69) is 10.6 Å². The Morgan fingerprint density at radius 1 is 1.22 bits per heavy atom. The SMILES string of the molecule is COC(=O)C(NC(=O)CC1CC2CCC(C1)N2)c1ccccc1. The summed E-state index contributed by atoms with van der Waals surface area (Å²) in [7, 11) is 1.34. The molecule has 5 heteroatoms. The molecule has 1 amide bonds. The first-order chi connectivity index (χ1) is 11.2. The van der Waals surface area contributed by atoms with Gasteiger partial charge in [0.25, 0.3) is 0 Å². The zero-order chi connectivity index (χ0) is 16.2. The molecule has 3 atom stereocenters. The zero-order valence-corrected chi connectivity index (χ0v) is 13.5. The number of benzene rings is 1. The number of esters is 1. The van der Waals surface area contributed by atoms with Crippen LogP contribution >= 0.6 is 0 Å². The van der Waals surface area contributed by atoms with Crippen LogP contribution in [0.5, 0.6) is 0 Å². The number of amides is 1. The van der Waals surface area contributed by atoms with E-state index in [1.165, 1.54) is 20.0 Å². The number of piperidine rings is 1. The minimum atomic E-state index is -0.730. The fourth-order valence-electron chi connectivity index (χ4n) is 3.87. The fraction of sp³-hybridized carbons (Fsp3) is 0.556. The van der Waals surface area contributed by atoms with E-state index in [4.69, 9.17) is 4.74 Å². The van der Waals surface area contributed by atoms with E-state index in [0.717, 1.165) is 18.4 Å². The van der Waals surface area contributed by atoms with Gasteiger partial charge in [0.1, 0.15) is 0 Å². The number of nitrogens with one attached hydrogen (secondary N) is 2. The lowest BCUT2D eigenvalue weighted by Gasteiger charge is -2.29. The Bertz CT molecular complexity index is 549. The average Bonchev–Trinajstić information content (AvgIpc) is 2.91. The van der Waals surface area contributed by atoms with Crippen molar-refractivity contribution in [3.63, 3.8) is 0 Å². The van der Waals surface area contributed by atoms with Gasteiger partial charge in [-0.15, -0.1) is 0 Å². The van der Waals surface area contributed by atoms with E-state index in [1.54, 1.807) is 0 Å². The van der Waals surface area contributed by atoms with Gasteiger partial charge < -0.3 is 15.4 Å². The van der Waals surface area contributed by atoms with E-state index in [9.17, 15) is 9.59 Å². The molecule has 2 N–H and O–H groups in total. The predicted molar refractivity (Wildman–Crippen MR) is 86.6 cm³/mol. The van der Waals surface area contributed by atoms with Crippen molar-refractivity contribution in [2.45, 2.75) is 50.2 Å². The van der Waals surface area contributed by atoms with Gasteiger partial charge in [-0.05, 0) is 37.2 Å². The highest BCUT2D eigenvalue weighted by molar-refractivity contribution is 5.85. The summed E-state index contributed by atoms with van der Waals surface area (Å²) >= 11 is 0. The van der Waals surface area contributed by atoms with Crippen LogP contribution in [0.15, 0.2) is 30.3 Å². The average molecular weight is 316 g/mol. The van der Waals surface area contributed by atoms with Crippen molar-refractivity contribution in [1.29, 1.82) is 0 Å². The maximum atomic E-state index is 12.4. The third-order valence-electron chi connectivity index (χ3n) is 4.92. The highest BCUT2D eigenvalue weighted by Gasteiger charge is 2.34. The van der Waals surface area contributed by atoms with Crippen molar-refractivity contribution in [2.24, 2.45) is 5.92 Å². The summed E-state index contributed by atoms with van der Waals surface area (Å²) in [5.41, 5.74) is 0.748. The molecule has 0 spiro atoms. The number of fused-ring (bicyclic) bond motifs is 2. The van der Waals surface area contributed by atoms with Gasteiger partial charge in [-0.2, -0.15) is 0 Å². The van der Waals surface area contributed by atoms with Gasteiger partial charge in [0.15, 0.2) is 6.04 Å². The normalized spacial score (nSPS) is 27.3. The summed E-state index contributed by atoms with van der Waals surface area (Å²) in [6.45, 7) is 0. The molecule has 2 saturated heterocycles. The fourth-order valence-corrected chi connectivity index (χ4v) is 3.87. The van der Waals surface area contributed by atoms with Gasteiger partial charge in [-0.3, -0.25) is 4.79 Å². The molecule has 2 fully saturated rings. The van der Waals surface area contributed by atoms with Crippen LogP contribution in [-0.4, -0.2) is 31.1 Å². The molecule has 0 radical (unpaired) electrons. The van der Waals surface area contributed by atoms with Crippen LogP contribution in [-0.2, 0) is 14.3 Å². The van der Waals surface area contributed by atoms with E-state index in [1.807, 2.05) is 30.3 Å². The minimum absolute atomic E-state index is 0.0736. The van der Waals surface area contributed by atoms with Crippen LogP contribution in [0.25, 0.3) is 0 Å². The molecule has 1 aromatic rings. The summed E-state index contributed by atoms with van der Waals surface area (Å²) in [6.07, 6.45) is 5.03. The molecular weight excluding hydrogens is 292 g/mol. The summed E-state index contributed by atoms with van der Waals surface area (Å²) in [5.74, 6) is -0.103. The predicted octanol–water partition coefficient (Wildman–Crippen LogP) is 1.94. The molecule has 5 nitrogen and oxygen atoms in total. The van der Waals surface area contributed by atoms with Crippen LogP contribution in [0.1, 0.15) is 43.7 Å². The molecule has 2 bridgehead atoms. The number of rotatable bonds is 5. The van der Waals surface area contributed by atoms with Crippen molar-refractivity contribution in [1.82, 2.24) is 10.6 Å². The smallest absolute Gasteiger partial charge is 0.333 e. The lowest BCUT2D eigenvalue weighted by Crippen LogP contribution is -2.41. The Kier molecular flexibility index (Phi) is 4.96. The second-order valence-corrected chi connectivity index (χ2v) is 6.61. The maximum absolute atomic E-state index is 12.4. The van der Waals surface area contributed by atoms with Crippen LogP contribution in [0, 0.1) is 5.92 Å². The Labute approximate surface area is 136 Å². The number of carbonyl (C=O) groups is 2. The Morgan fingerprint density at radius 2 is 1.87 bits per heavy atom. The van der Waals surface area contributed by atoms with Gasteiger partial charge in [-0.1, -0.05) is 30.3 Å². The first-order valence-corrected chi connectivity index (χ1v) is 8.34. The lowest BCUT2D eigenvalue weighted by molar-refractivity contribution is -0.145. The van der Waals surface area contributed by atoms with Gasteiger partial charge in [0.05, 0.1) is 7.11 Å². The second kappa shape index (κ2) is 7.13. The molecule has 0 aromatic heterocycles. The molecule has 0 aliphatic carbocycles. The summed E-state index contributed by atoms with van der Waals surface area (Å²) in [5, 5.41) is 6.43. The highest BCUT2D eigenvalue weighted by Crippen LogP contribution is 2.32. The largest absolute Gasteiger partial charge is 0.467 e. The van der Waals surface area contributed by atoms with Crippen molar-refractivity contribution >= 4 is 11.9 Å². The standard InChI is InChI=1S/C18H24N2O3/c1-23-18(22)17(13-5-3-2-4-6-13)20-16(21)11-12-9-14-7-8-15(10-12)19-14/h2-6,12,14-15,17,19H,7-11H2,1H3,(H,20,21). The zero-order valence-electron chi connectivity index (χ0n) is 13.5. The molecule has 2 heterocycles. The molecule has 2 aliphatic heterocycles. The highest BCUT2D eigenvalue weighted by atomic mass is 16.5. The molecule has 3 unspecified atom stereocenters. The van der Waals surface area contributed by atoms with Gasteiger partial charge in [0, 0.05) is 18.5 Å². The van der Waals surface area contributed by atoms with Gasteiger partial charge >= 0.3 is 5.97 Å². The van der Waals surface area contributed by atoms with Crippen molar-refractivity contribution in [3.8, 4) is 0 Å². The molecule has 1 aromatic carbocycles. The topological polar surface area (TPSA) is 67.4 Å². The lowest BCUT2D eigenvalue weighted by atomic mass is 9.89. The van der Waals surface area contributed by atoms with E-state index >= 15 is 0 Å². The van der Waals surface area contributed by atoms with E-state index in [0.29, 0.717) is 24.4 Å². The monoisotopic (exact) mass is 316 g/mol. The molecule has 3 rings (SSSR count). The summed E-state index contributed by atoms with van der Waals surface area (Å²) in [4.78, 5) is 24.4. The first-order valence-electron chi connectivity index (χ1n) is 8.34. The summed E-state index contributed by atoms with van der Waals surface area (Å²) < 4.78 is 4.84. The third-order valence-corrected chi connectivity index (χ3v) is 4.92. The first kappa shape index (κ1) is 16.0. The van der Waals surface area contributed by atoms with Gasteiger partial charge in [-0.25, -0.2) is 4.79 Å². The van der Waals surface area contributed by atoms with Crippen LogP contribution < -0.4 is 10.6 Å². The van der Waals surface area contributed by atoms with E-state index < -0.39 is 12.0 Å². The number of methoxy groups -OCH3 is 1. The molecule has 0 saturated carbocycles. The molecule has 23 heavy (non-hydrogen) atoms. The summed E-state index contributed by atoms with van der Waals surface area (Å²) in [6, 6.07) is 9.63. The number of hydrogen-bond acceptors (Lipinski definition) is 4. The number of ether oxygens (including phenoxy) is 1. The van der Waals surface area contributed by atoms with Crippen LogP contribution in [0.4, 0.5) is 0 Å². The Morgan fingerprint density at radius 3 is 2.48 bits per heavy atom. The Hall–Kier alpha value is -1.88. The van der Waals surface area contributed by atoms with Crippen LogP contribution in [0.2, 0.25) is 0 Å². The van der Waals surface area contributed by atoms with Crippen molar-refractivity contribution in [3.05, 3.63) is 35.9 Å². The number of hydrogen-bond donors (Lipinski definition) is 2. The second-order valence-electron chi connectivity index (χ2n) is 6.61. The number of carbonyl (C=O) groups excluding carboxylic acids is 2. The minimum Gasteiger partial charge on any atom is -0.467 e. The van der Waals surface area contributed by atoms with Gasteiger partial charge in [0.2, 0.25) is 5.91 Å². The maximum Gasteiger partial charge on any atom is 0.333 e.